The second-order valence-electron chi connectivity index (χ2n) is 4.02. The lowest BCUT2D eigenvalue weighted by Gasteiger charge is -2.13. The lowest BCUT2D eigenvalue weighted by atomic mass is 10.2. The van der Waals surface area contributed by atoms with Crippen molar-refractivity contribution in [3.63, 3.8) is 0 Å². The Labute approximate surface area is 103 Å². The van der Waals surface area contributed by atoms with Crippen molar-refractivity contribution in [2.45, 2.75) is 39.2 Å². The molecule has 0 saturated heterocycles. The van der Waals surface area contributed by atoms with Gasteiger partial charge < -0.3 is 14.6 Å². The zero-order chi connectivity index (χ0) is 12.5. The van der Waals surface area contributed by atoms with Gasteiger partial charge in [-0.05, 0) is 12.5 Å². The topological polar surface area (TPSA) is 38.7 Å². The summed E-state index contributed by atoms with van der Waals surface area (Å²) >= 11 is 0. The van der Waals surface area contributed by atoms with Crippen LogP contribution in [-0.2, 0) is 6.61 Å². The van der Waals surface area contributed by atoms with Crippen LogP contribution in [0.1, 0.15) is 38.2 Å². The fourth-order valence-electron chi connectivity index (χ4n) is 1.74. The Hall–Kier alpha value is -1.22. The monoisotopic (exact) mass is 238 g/mol. The van der Waals surface area contributed by atoms with Gasteiger partial charge in [-0.1, -0.05) is 38.3 Å². The number of para-hydroxylation sites is 1. The second-order valence-corrected chi connectivity index (χ2v) is 4.02. The van der Waals surface area contributed by atoms with E-state index in [9.17, 15) is 5.11 Å². The van der Waals surface area contributed by atoms with E-state index in [1.54, 1.807) is 7.11 Å². The van der Waals surface area contributed by atoms with E-state index in [1.807, 2.05) is 18.2 Å². The third-order valence-corrected chi connectivity index (χ3v) is 2.69. The predicted molar refractivity (Wildman–Crippen MR) is 68.6 cm³/mol. The Morgan fingerprint density at radius 3 is 2.65 bits per heavy atom. The molecule has 0 fully saturated rings. The van der Waals surface area contributed by atoms with Gasteiger partial charge in [-0.15, -0.1) is 0 Å². The summed E-state index contributed by atoms with van der Waals surface area (Å²) in [6, 6.07) is 5.58. The molecule has 0 unspecified atom stereocenters. The molecule has 0 aromatic heterocycles. The van der Waals surface area contributed by atoms with Crippen molar-refractivity contribution in [1.29, 1.82) is 0 Å². The number of unbranched alkanes of at least 4 members (excludes halogenated alkanes) is 3. The Kier molecular flexibility index (Phi) is 6.48. The average molecular weight is 238 g/mol. The fraction of sp³-hybridized carbons (Fsp3) is 0.571. The van der Waals surface area contributed by atoms with Gasteiger partial charge in [0.05, 0.1) is 20.3 Å². The summed E-state index contributed by atoms with van der Waals surface area (Å²) in [5.41, 5.74) is 0.763. The third-order valence-electron chi connectivity index (χ3n) is 2.69. The highest BCUT2D eigenvalue weighted by Crippen LogP contribution is 2.31. The van der Waals surface area contributed by atoms with Crippen LogP contribution in [0.2, 0.25) is 0 Å². The average Bonchev–Trinajstić information content (AvgIpc) is 2.38. The lowest BCUT2D eigenvalue weighted by molar-refractivity contribution is 0.260. The number of methoxy groups -OCH3 is 1. The Balaban J connectivity index is 2.52. The Morgan fingerprint density at radius 2 is 2.00 bits per heavy atom. The van der Waals surface area contributed by atoms with Gasteiger partial charge in [0.2, 0.25) is 0 Å². The summed E-state index contributed by atoms with van der Waals surface area (Å²) in [4.78, 5) is 0. The molecule has 0 aliphatic heterocycles. The molecule has 1 aromatic rings. The van der Waals surface area contributed by atoms with Gasteiger partial charge in [-0.3, -0.25) is 0 Å². The molecule has 0 spiro atoms. The summed E-state index contributed by atoms with van der Waals surface area (Å²) in [6.45, 7) is 2.86. The highest BCUT2D eigenvalue weighted by molar-refractivity contribution is 5.46. The molecule has 3 nitrogen and oxygen atoms in total. The summed E-state index contributed by atoms with van der Waals surface area (Å²) in [6.07, 6.45) is 4.72. The van der Waals surface area contributed by atoms with E-state index >= 15 is 0 Å². The third kappa shape index (κ3) is 4.27. The maximum Gasteiger partial charge on any atom is 0.166 e. The molecule has 0 amide bonds. The smallest absolute Gasteiger partial charge is 0.166 e. The molecule has 1 aromatic carbocycles. The minimum atomic E-state index is -0.0315. The SMILES string of the molecule is CCCCCCOc1cccc(CO)c1OC. The first-order chi connectivity index (χ1) is 8.33. The van der Waals surface area contributed by atoms with Crippen LogP contribution in [0, 0.1) is 0 Å². The van der Waals surface area contributed by atoms with Crippen LogP contribution in [0.15, 0.2) is 18.2 Å². The molecular formula is C14H22O3. The van der Waals surface area contributed by atoms with Gasteiger partial charge in [-0.2, -0.15) is 0 Å². The molecule has 17 heavy (non-hydrogen) atoms. The van der Waals surface area contributed by atoms with Crippen molar-refractivity contribution in [3.05, 3.63) is 23.8 Å². The Bertz CT molecular complexity index is 323. The number of rotatable bonds is 8. The maximum absolute atomic E-state index is 9.18. The highest BCUT2D eigenvalue weighted by Gasteiger charge is 2.08. The number of aliphatic hydroxyl groups is 1. The number of aliphatic hydroxyl groups excluding tert-OH is 1. The quantitative estimate of drug-likeness (QED) is 0.707. The van der Waals surface area contributed by atoms with E-state index in [0.29, 0.717) is 12.4 Å². The molecule has 0 atom stereocenters. The molecular weight excluding hydrogens is 216 g/mol. The van der Waals surface area contributed by atoms with Crippen molar-refractivity contribution >= 4 is 0 Å². The van der Waals surface area contributed by atoms with Gasteiger partial charge in [0.25, 0.3) is 0 Å². The molecule has 1 rings (SSSR count). The van der Waals surface area contributed by atoms with Gasteiger partial charge in [0.15, 0.2) is 11.5 Å². The van der Waals surface area contributed by atoms with Crippen LogP contribution in [0.3, 0.4) is 0 Å². The van der Waals surface area contributed by atoms with Crippen LogP contribution in [0.25, 0.3) is 0 Å². The fourth-order valence-corrected chi connectivity index (χ4v) is 1.74. The van der Waals surface area contributed by atoms with E-state index in [1.165, 1.54) is 19.3 Å². The minimum Gasteiger partial charge on any atom is -0.492 e. The zero-order valence-corrected chi connectivity index (χ0v) is 10.7. The standard InChI is InChI=1S/C14H22O3/c1-3-4-5-6-10-17-13-9-7-8-12(11-15)14(13)16-2/h7-9,15H,3-6,10-11H2,1-2H3. The number of benzene rings is 1. The second kappa shape index (κ2) is 7.96. The first kappa shape index (κ1) is 13.8. The molecule has 0 radical (unpaired) electrons. The summed E-state index contributed by atoms with van der Waals surface area (Å²) in [5, 5.41) is 9.18. The van der Waals surface area contributed by atoms with Gasteiger partial charge in [0.1, 0.15) is 0 Å². The van der Waals surface area contributed by atoms with Crippen molar-refractivity contribution in [2.24, 2.45) is 0 Å². The van der Waals surface area contributed by atoms with Crippen molar-refractivity contribution in [2.75, 3.05) is 13.7 Å². The van der Waals surface area contributed by atoms with Crippen LogP contribution in [-0.4, -0.2) is 18.8 Å². The van der Waals surface area contributed by atoms with E-state index in [-0.39, 0.29) is 6.61 Å². The highest BCUT2D eigenvalue weighted by atomic mass is 16.5. The molecule has 0 aliphatic carbocycles. The van der Waals surface area contributed by atoms with Crippen LogP contribution in [0.4, 0.5) is 0 Å². The van der Waals surface area contributed by atoms with Gasteiger partial charge in [-0.25, -0.2) is 0 Å². The molecule has 1 N–H and O–H groups in total. The van der Waals surface area contributed by atoms with Gasteiger partial charge >= 0.3 is 0 Å². The van der Waals surface area contributed by atoms with Gasteiger partial charge in [0, 0.05) is 5.56 Å². The number of hydrogen-bond donors (Lipinski definition) is 1. The number of ether oxygens (including phenoxy) is 2. The van der Waals surface area contributed by atoms with Crippen molar-refractivity contribution < 1.29 is 14.6 Å². The Morgan fingerprint density at radius 1 is 1.18 bits per heavy atom. The van der Waals surface area contributed by atoms with Crippen LogP contribution in [0.5, 0.6) is 11.5 Å². The van der Waals surface area contributed by atoms with Crippen LogP contribution >= 0.6 is 0 Å². The van der Waals surface area contributed by atoms with Crippen molar-refractivity contribution in [1.82, 2.24) is 0 Å². The molecule has 0 heterocycles. The molecule has 3 heteroatoms. The molecule has 0 saturated carbocycles. The van der Waals surface area contributed by atoms with Crippen LogP contribution < -0.4 is 9.47 Å². The van der Waals surface area contributed by atoms with Crippen molar-refractivity contribution in [3.8, 4) is 11.5 Å². The first-order valence-electron chi connectivity index (χ1n) is 6.23. The summed E-state index contributed by atoms with van der Waals surface area (Å²) in [7, 11) is 1.60. The number of hydrogen-bond acceptors (Lipinski definition) is 3. The summed E-state index contributed by atoms with van der Waals surface area (Å²) < 4.78 is 10.9. The van der Waals surface area contributed by atoms with E-state index in [2.05, 4.69) is 6.92 Å². The minimum absolute atomic E-state index is 0.0315. The van der Waals surface area contributed by atoms with E-state index < -0.39 is 0 Å². The molecule has 96 valence electrons. The normalized spacial score (nSPS) is 10.3. The summed E-state index contributed by atoms with van der Waals surface area (Å²) in [5.74, 6) is 1.36. The predicted octanol–water partition coefficient (Wildman–Crippen LogP) is 3.15. The van der Waals surface area contributed by atoms with E-state index in [0.717, 1.165) is 17.7 Å². The lowest BCUT2D eigenvalue weighted by Crippen LogP contribution is -2.01. The van der Waals surface area contributed by atoms with E-state index in [4.69, 9.17) is 9.47 Å². The maximum atomic E-state index is 9.18. The largest absolute Gasteiger partial charge is 0.492 e. The first-order valence-corrected chi connectivity index (χ1v) is 6.23. The molecule has 0 bridgehead atoms. The zero-order valence-electron chi connectivity index (χ0n) is 10.7. The molecule has 0 aliphatic rings.